The van der Waals surface area contributed by atoms with Crippen LogP contribution < -0.4 is 0 Å². The van der Waals surface area contributed by atoms with Crippen LogP contribution in [0.1, 0.15) is 5.56 Å². The van der Waals surface area contributed by atoms with Crippen molar-refractivity contribution >= 4 is 9.84 Å². The van der Waals surface area contributed by atoms with Gasteiger partial charge < -0.3 is 0 Å². The van der Waals surface area contributed by atoms with Gasteiger partial charge in [0.05, 0.1) is 12.0 Å². The van der Waals surface area contributed by atoms with Gasteiger partial charge in [0.25, 0.3) is 0 Å². The first-order valence-corrected chi connectivity index (χ1v) is 6.92. The fraction of sp³-hybridized carbons (Fsp3) is 0.0769. The molecule has 2 rings (SSSR count). The van der Waals surface area contributed by atoms with Crippen LogP contribution in [-0.4, -0.2) is 13.4 Å². The average Bonchev–Trinajstić information content (AvgIpc) is 2.29. The highest BCUT2D eigenvalue weighted by atomic mass is 32.2. The predicted octanol–water partition coefficient (Wildman–Crippen LogP) is 2.45. The van der Waals surface area contributed by atoms with E-state index >= 15 is 0 Å². The van der Waals surface area contributed by atoms with Crippen LogP contribution in [0.3, 0.4) is 0 Å². The summed E-state index contributed by atoms with van der Waals surface area (Å²) in [4.78, 5) is 3.96. The zero-order valence-corrected chi connectivity index (χ0v) is 10.0. The number of nitrogens with zero attached hydrogens (tertiary/aromatic N) is 1. The normalized spacial score (nSPS) is 11.4. The zero-order chi connectivity index (χ0) is 12.3. The highest BCUT2D eigenvalue weighted by Crippen LogP contribution is 2.23. The van der Waals surface area contributed by atoms with Crippen LogP contribution in [0.15, 0.2) is 48.8 Å². The number of pyridine rings is 1. The summed E-state index contributed by atoms with van der Waals surface area (Å²) in [5, 5.41) is 0. The lowest BCUT2D eigenvalue weighted by atomic mass is 10.0. The summed E-state index contributed by atoms with van der Waals surface area (Å²) in [5.41, 5.74) is 2.54. The molecule has 0 aliphatic rings. The number of benzene rings is 1. The molecule has 0 aliphatic carbocycles. The van der Waals surface area contributed by atoms with E-state index in [9.17, 15) is 8.42 Å². The minimum atomic E-state index is -3.30. The molecule has 1 aromatic carbocycles. The Bertz CT molecular complexity index is 606. The lowest BCUT2D eigenvalue weighted by molar-refractivity contribution is 0.603. The molecule has 0 fully saturated rings. The molecule has 87 valence electrons. The van der Waals surface area contributed by atoms with Crippen LogP contribution in [0.2, 0.25) is 0 Å². The van der Waals surface area contributed by atoms with Gasteiger partial charge in [0.2, 0.25) is 0 Å². The third-order valence-electron chi connectivity index (χ3n) is 2.36. The maximum atomic E-state index is 11.2. The molecule has 0 aliphatic heterocycles. The molecule has 4 heteroatoms. The van der Waals surface area contributed by atoms with Crippen LogP contribution in [0.4, 0.5) is 0 Å². The van der Waals surface area contributed by atoms with Gasteiger partial charge in [-0.05, 0) is 22.8 Å². The number of rotatable bonds is 3. The summed E-state index contributed by atoms with van der Waals surface area (Å²) in [6, 6.07) is 11.4. The smallest absolute Gasteiger partial charge is 0.155 e. The van der Waals surface area contributed by atoms with Crippen LogP contribution >= 0.6 is 0 Å². The number of aromatic nitrogens is 1. The molecule has 1 aromatic heterocycles. The maximum absolute atomic E-state index is 11.2. The zero-order valence-electron chi connectivity index (χ0n) is 9.20. The molecular weight excluding hydrogens is 234 g/mol. The Morgan fingerprint density at radius 3 is 2.47 bits per heavy atom. The Labute approximate surface area is 101 Å². The third kappa shape index (κ3) is 3.14. The highest BCUT2D eigenvalue weighted by Gasteiger charge is 2.10. The van der Waals surface area contributed by atoms with E-state index in [1.807, 2.05) is 36.4 Å². The van der Waals surface area contributed by atoms with E-state index in [1.165, 1.54) is 0 Å². The first-order valence-electron chi connectivity index (χ1n) is 5.10. The molecule has 17 heavy (non-hydrogen) atoms. The molecule has 0 unspecified atom stereocenters. The molecule has 0 spiro atoms. The van der Waals surface area contributed by atoms with Crippen molar-refractivity contribution in [1.29, 1.82) is 0 Å². The Morgan fingerprint density at radius 2 is 1.82 bits per heavy atom. The van der Waals surface area contributed by atoms with E-state index in [1.54, 1.807) is 12.4 Å². The summed E-state index contributed by atoms with van der Waals surface area (Å²) >= 11 is 0. The van der Waals surface area contributed by atoms with Crippen molar-refractivity contribution in [2.75, 3.05) is 0 Å². The van der Waals surface area contributed by atoms with Gasteiger partial charge in [-0.3, -0.25) is 4.98 Å². The van der Waals surface area contributed by atoms with Gasteiger partial charge in [0.1, 0.15) is 0 Å². The van der Waals surface area contributed by atoms with E-state index < -0.39 is 9.84 Å². The van der Waals surface area contributed by atoms with E-state index in [-0.39, 0.29) is 5.75 Å². The topological polar surface area (TPSA) is 47.0 Å². The predicted molar refractivity (Wildman–Crippen MR) is 67.7 cm³/mol. The van der Waals surface area contributed by atoms with E-state index in [4.69, 9.17) is 0 Å². The Balaban J connectivity index is 2.49. The van der Waals surface area contributed by atoms with Crippen molar-refractivity contribution in [2.24, 2.45) is 0 Å². The summed E-state index contributed by atoms with van der Waals surface area (Å²) in [6.45, 7) is 0. The molecule has 1 heterocycles. The molecule has 2 aromatic rings. The Morgan fingerprint density at radius 1 is 1.12 bits per heavy atom. The maximum Gasteiger partial charge on any atom is 0.155 e. The van der Waals surface area contributed by atoms with Crippen molar-refractivity contribution < 1.29 is 8.42 Å². The second-order valence-electron chi connectivity index (χ2n) is 3.79. The van der Waals surface area contributed by atoms with E-state index in [2.05, 4.69) is 11.2 Å². The van der Waals surface area contributed by atoms with Crippen LogP contribution in [0, 0.1) is 6.26 Å². The van der Waals surface area contributed by atoms with Gasteiger partial charge in [-0.15, -0.1) is 0 Å². The molecular formula is C13H12NO2S. The number of sulfone groups is 1. The van der Waals surface area contributed by atoms with Crippen LogP contribution in [0.5, 0.6) is 0 Å². The lowest BCUT2D eigenvalue weighted by Crippen LogP contribution is -2.00. The van der Waals surface area contributed by atoms with Gasteiger partial charge in [0.15, 0.2) is 9.84 Å². The number of hydrogen-bond donors (Lipinski definition) is 0. The van der Waals surface area contributed by atoms with Gasteiger partial charge in [-0.25, -0.2) is 8.42 Å². The Hall–Kier alpha value is -1.68. The lowest BCUT2D eigenvalue weighted by Gasteiger charge is -2.07. The van der Waals surface area contributed by atoms with Crippen molar-refractivity contribution in [3.8, 4) is 11.1 Å². The SMILES string of the molecule is [CH2]S(=O)(=O)Cc1cnccc1-c1ccccc1. The highest BCUT2D eigenvalue weighted by molar-refractivity contribution is 7.91. The molecule has 1 radical (unpaired) electrons. The largest absolute Gasteiger partial charge is 0.264 e. The van der Waals surface area contributed by atoms with Crippen molar-refractivity contribution in [2.45, 2.75) is 5.75 Å². The summed E-state index contributed by atoms with van der Waals surface area (Å²) in [6.07, 6.45) is 6.37. The second kappa shape index (κ2) is 4.67. The first-order chi connectivity index (χ1) is 8.06. The fourth-order valence-corrected chi connectivity index (χ4v) is 2.38. The summed E-state index contributed by atoms with van der Waals surface area (Å²) < 4.78 is 22.5. The van der Waals surface area contributed by atoms with Crippen molar-refractivity contribution in [3.63, 3.8) is 0 Å². The monoisotopic (exact) mass is 246 g/mol. The van der Waals surface area contributed by atoms with Crippen LogP contribution in [-0.2, 0) is 15.6 Å². The number of hydrogen-bond acceptors (Lipinski definition) is 3. The van der Waals surface area contributed by atoms with Gasteiger partial charge >= 0.3 is 0 Å². The molecule has 3 nitrogen and oxygen atoms in total. The van der Waals surface area contributed by atoms with Crippen molar-refractivity contribution in [3.05, 3.63) is 60.6 Å². The minimum Gasteiger partial charge on any atom is -0.264 e. The van der Waals surface area contributed by atoms with Gasteiger partial charge in [-0.1, -0.05) is 30.3 Å². The minimum absolute atomic E-state index is 0.0922. The third-order valence-corrected chi connectivity index (χ3v) is 3.11. The van der Waals surface area contributed by atoms with E-state index in [0.29, 0.717) is 5.56 Å². The van der Waals surface area contributed by atoms with Gasteiger partial charge in [0, 0.05) is 12.4 Å². The summed E-state index contributed by atoms with van der Waals surface area (Å²) in [5.74, 6) is -0.0922. The van der Waals surface area contributed by atoms with E-state index in [0.717, 1.165) is 11.1 Å². The molecule has 0 amide bonds. The molecule has 0 saturated heterocycles. The second-order valence-corrected chi connectivity index (χ2v) is 5.56. The summed E-state index contributed by atoms with van der Waals surface area (Å²) in [7, 11) is -3.30. The molecule has 0 atom stereocenters. The average molecular weight is 246 g/mol. The Kier molecular flexibility index (Phi) is 3.24. The van der Waals surface area contributed by atoms with Gasteiger partial charge in [-0.2, -0.15) is 0 Å². The standard InChI is InChI=1S/C13H12NO2S/c1-17(15,16)10-12-9-14-8-7-13(12)11-5-3-2-4-6-11/h2-9H,1,10H2. The molecule has 0 bridgehead atoms. The quantitative estimate of drug-likeness (QED) is 0.835. The molecule has 0 N–H and O–H groups in total. The fourth-order valence-electron chi connectivity index (χ4n) is 1.68. The molecule has 0 saturated carbocycles. The first kappa shape index (κ1) is 11.8. The van der Waals surface area contributed by atoms with Crippen LogP contribution in [0.25, 0.3) is 11.1 Å². The van der Waals surface area contributed by atoms with Crippen molar-refractivity contribution in [1.82, 2.24) is 4.98 Å².